The molecule has 5 nitrogen and oxygen atoms in total. The molecule has 0 unspecified atom stereocenters. The van der Waals surface area contributed by atoms with Crippen molar-refractivity contribution in [2.75, 3.05) is 6.61 Å². The third-order valence-electron chi connectivity index (χ3n) is 2.67. The molecule has 0 amide bonds. The summed E-state index contributed by atoms with van der Waals surface area (Å²) < 4.78 is 34.0. The van der Waals surface area contributed by atoms with Crippen molar-refractivity contribution in [3.05, 3.63) is 59.1 Å². The number of carbonyl (C=O) groups excluding carboxylic acids is 1. The number of rotatable bonds is 5. The van der Waals surface area contributed by atoms with Crippen molar-refractivity contribution in [1.29, 1.82) is 0 Å². The minimum atomic E-state index is -3.95. The molecule has 0 saturated heterocycles. The van der Waals surface area contributed by atoms with Crippen molar-refractivity contribution in [2.45, 2.75) is 11.8 Å². The fourth-order valence-electron chi connectivity index (χ4n) is 1.64. The van der Waals surface area contributed by atoms with Crippen LogP contribution in [-0.2, 0) is 14.9 Å². The summed E-state index contributed by atoms with van der Waals surface area (Å²) in [4.78, 5) is 11.5. The Bertz CT molecular complexity index is 752. The van der Waals surface area contributed by atoms with E-state index in [1.807, 2.05) is 0 Å². The van der Waals surface area contributed by atoms with Crippen molar-refractivity contribution in [2.24, 2.45) is 0 Å². The van der Waals surface area contributed by atoms with Crippen LogP contribution >= 0.6 is 11.6 Å². The fourth-order valence-corrected chi connectivity index (χ4v) is 2.69. The highest BCUT2D eigenvalue weighted by Crippen LogP contribution is 2.20. The second-order valence-corrected chi connectivity index (χ2v) is 6.22. The number of carbonyl (C=O) groups is 1. The van der Waals surface area contributed by atoms with E-state index in [1.165, 1.54) is 48.5 Å². The molecule has 0 aliphatic rings. The van der Waals surface area contributed by atoms with Crippen LogP contribution in [0.2, 0.25) is 5.02 Å². The zero-order valence-corrected chi connectivity index (χ0v) is 13.2. The third kappa shape index (κ3) is 3.99. The van der Waals surface area contributed by atoms with Crippen molar-refractivity contribution in [3.63, 3.8) is 0 Å². The van der Waals surface area contributed by atoms with E-state index < -0.39 is 16.1 Å². The number of benzene rings is 2. The number of halogens is 1. The van der Waals surface area contributed by atoms with Crippen molar-refractivity contribution < 1.29 is 22.1 Å². The second kappa shape index (κ2) is 6.81. The summed E-state index contributed by atoms with van der Waals surface area (Å²) >= 11 is 5.72. The molecule has 0 saturated carbocycles. The summed E-state index contributed by atoms with van der Waals surface area (Å²) in [5.41, 5.74) is 0.318. The maximum Gasteiger partial charge on any atom is 0.339 e. The van der Waals surface area contributed by atoms with Crippen LogP contribution < -0.4 is 4.18 Å². The average Bonchev–Trinajstić information content (AvgIpc) is 2.48. The topological polar surface area (TPSA) is 69.7 Å². The van der Waals surface area contributed by atoms with Crippen LogP contribution in [0, 0.1) is 0 Å². The maximum atomic E-state index is 12.1. The third-order valence-corrected chi connectivity index (χ3v) is 4.19. The predicted octanol–water partition coefficient (Wildman–Crippen LogP) is 3.28. The summed E-state index contributed by atoms with van der Waals surface area (Å²) in [5, 5.41) is 0.428. The summed E-state index contributed by atoms with van der Waals surface area (Å²) in [7, 11) is -3.95. The van der Waals surface area contributed by atoms with Crippen molar-refractivity contribution >= 4 is 27.7 Å². The van der Waals surface area contributed by atoms with Crippen LogP contribution in [-0.4, -0.2) is 21.0 Å². The molecule has 0 bridgehead atoms. The highest BCUT2D eigenvalue weighted by atomic mass is 35.5. The zero-order chi connectivity index (χ0) is 16.2. The summed E-state index contributed by atoms with van der Waals surface area (Å²) in [6.45, 7) is 1.97. The first kappa shape index (κ1) is 16.3. The lowest BCUT2D eigenvalue weighted by Crippen LogP contribution is -2.10. The van der Waals surface area contributed by atoms with Gasteiger partial charge in [0.15, 0.2) is 0 Å². The lowest BCUT2D eigenvalue weighted by atomic mass is 10.2. The Kier molecular flexibility index (Phi) is 5.05. The number of ether oxygens (including phenoxy) is 1. The van der Waals surface area contributed by atoms with E-state index in [4.69, 9.17) is 20.5 Å². The SMILES string of the molecule is CCOC(=O)c1ccc(OS(=O)(=O)c2ccc(Cl)cc2)cc1. The Morgan fingerprint density at radius 1 is 1.05 bits per heavy atom. The molecule has 2 aromatic carbocycles. The van der Waals surface area contributed by atoms with Gasteiger partial charge in [-0.3, -0.25) is 0 Å². The Balaban J connectivity index is 2.16. The van der Waals surface area contributed by atoms with Gasteiger partial charge in [0.05, 0.1) is 12.2 Å². The van der Waals surface area contributed by atoms with E-state index in [1.54, 1.807) is 6.92 Å². The van der Waals surface area contributed by atoms with Gasteiger partial charge < -0.3 is 8.92 Å². The normalized spacial score (nSPS) is 11.0. The number of esters is 1. The molecule has 0 heterocycles. The lowest BCUT2D eigenvalue weighted by molar-refractivity contribution is 0.0526. The Labute approximate surface area is 133 Å². The van der Waals surface area contributed by atoms with Gasteiger partial charge in [-0.05, 0) is 55.5 Å². The Morgan fingerprint density at radius 2 is 1.64 bits per heavy atom. The molecular formula is C15H13ClO5S. The summed E-state index contributed by atoms with van der Waals surface area (Å²) in [6, 6.07) is 11.3. The van der Waals surface area contributed by atoms with E-state index in [2.05, 4.69) is 0 Å². The molecule has 0 spiro atoms. The summed E-state index contributed by atoms with van der Waals surface area (Å²) in [5.74, 6) is -0.377. The van der Waals surface area contributed by atoms with E-state index in [0.717, 1.165) is 0 Å². The van der Waals surface area contributed by atoms with Gasteiger partial charge in [0.25, 0.3) is 0 Å². The predicted molar refractivity (Wildman–Crippen MR) is 81.7 cm³/mol. The Morgan fingerprint density at radius 3 is 2.18 bits per heavy atom. The van der Waals surface area contributed by atoms with Gasteiger partial charge >= 0.3 is 16.1 Å². The molecule has 22 heavy (non-hydrogen) atoms. The first-order valence-corrected chi connectivity index (χ1v) is 8.18. The molecule has 7 heteroatoms. The molecule has 2 rings (SSSR count). The first-order chi connectivity index (χ1) is 10.4. The van der Waals surface area contributed by atoms with E-state index in [-0.39, 0.29) is 17.3 Å². The van der Waals surface area contributed by atoms with Gasteiger partial charge in [0, 0.05) is 5.02 Å². The van der Waals surface area contributed by atoms with Gasteiger partial charge in [-0.25, -0.2) is 4.79 Å². The number of hydrogen-bond acceptors (Lipinski definition) is 5. The lowest BCUT2D eigenvalue weighted by Gasteiger charge is -2.08. The molecule has 0 atom stereocenters. The average molecular weight is 341 g/mol. The highest BCUT2D eigenvalue weighted by molar-refractivity contribution is 7.87. The smallest absolute Gasteiger partial charge is 0.339 e. The molecule has 0 aliphatic heterocycles. The van der Waals surface area contributed by atoms with Gasteiger partial charge in [-0.15, -0.1) is 0 Å². The highest BCUT2D eigenvalue weighted by Gasteiger charge is 2.17. The monoisotopic (exact) mass is 340 g/mol. The van der Waals surface area contributed by atoms with Crippen LogP contribution in [0.15, 0.2) is 53.4 Å². The van der Waals surface area contributed by atoms with E-state index in [0.29, 0.717) is 10.6 Å². The quantitative estimate of drug-likeness (QED) is 0.617. The van der Waals surface area contributed by atoms with Gasteiger partial charge in [0.1, 0.15) is 10.6 Å². The minimum absolute atomic E-state index is 0.00799. The van der Waals surface area contributed by atoms with Crippen LogP contribution in [0.3, 0.4) is 0 Å². The molecule has 0 N–H and O–H groups in total. The van der Waals surface area contributed by atoms with Gasteiger partial charge in [-0.1, -0.05) is 11.6 Å². The largest absolute Gasteiger partial charge is 0.462 e. The van der Waals surface area contributed by atoms with E-state index in [9.17, 15) is 13.2 Å². The Hall–Kier alpha value is -2.05. The van der Waals surface area contributed by atoms with Crippen LogP contribution in [0.5, 0.6) is 5.75 Å². The maximum absolute atomic E-state index is 12.1. The standard InChI is InChI=1S/C15H13ClO5S/c1-2-20-15(17)11-3-7-13(8-4-11)21-22(18,19)14-9-5-12(16)6-10-14/h3-10H,2H2,1H3. The van der Waals surface area contributed by atoms with Crippen molar-refractivity contribution in [1.82, 2.24) is 0 Å². The molecule has 2 aromatic rings. The number of hydrogen-bond donors (Lipinski definition) is 0. The minimum Gasteiger partial charge on any atom is -0.462 e. The molecule has 0 fully saturated rings. The van der Waals surface area contributed by atoms with Gasteiger partial charge in [0.2, 0.25) is 0 Å². The molecule has 0 aromatic heterocycles. The molecule has 0 radical (unpaired) electrons. The molecular weight excluding hydrogens is 328 g/mol. The van der Waals surface area contributed by atoms with Crippen molar-refractivity contribution in [3.8, 4) is 5.75 Å². The van der Waals surface area contributed by atoms with Crippen LogP contribution in [0.4, 0.5) is 0 Å². The summed E-state index contributed by atoms with van der Waals surface area (Å²) in [6.07, 6.45) is 0. The van der Waals surface area contributed by atoms with Crippen LogP contribution in [0.25, 0.3) is 0 Å². The van der Waals surface area contributed by atoms with Gasteiger partial charge in [-0.2, -0.15) is 8.42 Å². The molecule has 116 valence electrons. The first-order valence-electron chi connectivity index (χ1n) is 6.39. The zero-order valence-electron chi connectivity index (χ0n) is 11.7. The van der Waals surface area contributed by atoms with Crippen LogP contribution in [0.1, 0.15) is 17.3 Å². The second-order valence-electron chi connectivity index (χ2n) is 4.24. The van der Waals surface area contributed by atoms with E-state index >= 15 is 0 Å². The fraction of sp³-hybridized carbons (Fsp3) is 0.133. The molecule has 0 aliphatic carbocycles.